The number of nitrogens with zero attached hydrogens (tertiary/aromatic N) is 1. The molecule has 0 aliphatic heterocycles. The van der Waals surface area contributed by atoms with Crippen LogP contribution in [0.5, 0.6) is 0 Å². The topological polar surface area (TPSA) is 133 Å². The normalized spacial score (nSPS) is 16.5. The standard InChI is InChI=1S/C21H30N2O7S/c1-30-19(24)18(15-16-7-9-17(10-8-16)23(26)27)22-20(25)21(11-3-4-12-21)13-5-6-14-31(2,28)29/h7-10,18H,3-6,11-15H2,1-2H3,(H,22,25)/t18-/m0/s1. The number of nitro groups is 1. The Bertz CT molecular complexity index is 891. The number of hydrogen-bond donors (Lipinski definition) is 1. The predicted octanol–water partition coefficient (Wildman–Crippen LogP) is 2.57. The number of rotatable bonds is 11. The molecule has 172 valence electrons. The molecule has 1 aliphatic carbocycles. The van der Waals surface area contributed by atoms with Crippen molar-refractivity contribution in [3.8, 4) is 0 Å². The first-order chi connectivity index (χ1) is 14.6. The van der Waals surface area contributed by atoms with E-state index in [0.29, 0.717) is 37.7 Å². The third-order valence-corrected chi connectivity index (χ3v) is 6.87. The first-order valence-electron chi connectivity index (χ1n) is 10.4. The van der Waals surface area contributed by atoms with Crippen molar-refractivity contribution >= 4 is 27.4 Å². The van der Waals surface area contributed by atoms with Crippen LogP contribution in [-0.4, -0.2) is 50.4 Å². The number of nitrogens with one attached hydrogen (secondary N) is 1. The van der Waals surface area contributed by atoms with Crippen molar-refractivity contribution in [2.24, 2.45) is 5.41 Å². The molecule has 0 bridgehead atoms. The lowest BCUT2D eigenvalue weighted by Gasteiger charge is -2.30. The van der Waals surface area contributed by atoms with Gasteiger partial charge in [0.25, 0.3) is 5.69 Å². The molecule has 1 saturated carbocycles. The molecule has 2 rings (SSSR count). The lowest BCUT2D eigenvalue weighted by molar-refractivity contribution is -0.384. The van der Waals surface area contributed by atoms with Gasteiger partial charge in [-0.3, -0.25) is 14.9 Å². The number of esters is 1. The van der Waals surface area contributed by atoms with Crippen LogP contribution in [0.1, 0.15) is 50.5 Å². The van der Waals surface area contributed by atoms with Gasteiger partial charge in [0, 0.05) is 36.0 Å². The van der Waals surface area contributed by atoms with Crippen LogP contribution >= 0.6 is 0 Å². The Morgan fingerprint density at radius 2 is 1.81 bits per heavy atom. The number of methoxy groups -OCH3 is 1. The van der Waals surface area contributed by atoms with Gasteiger partial charge in [-0.25, -0.2) is 13.2 Å². The molecule has 31 heavy (non-hydrogen) atoms. The number of carbonyl (C=O) groups excluding carboxylic acids is 2. The van der Waals surface area contributed by atoms with Gasteiger partial charge in [0.05, 0.1) is 12.0 Å². The minimum Gasteiger partial charge on any atom is -0.467 e. The Morgan fingerprint density at radius 1 is 1.19 bits per heavy atom. The zero-order chi connectivity index (χ0) is 23.1. The van der Waals surface area contributed by atoms with E-state index in [9.17, 15) is 28.1 Å². The second kappa shape index (κ2) is 10.7. The lowest BCUT2D eigenvalue weighted by Crippen LogP contribution is -2.49. The van der Waals surface area contributed by atoms with Gasteiger partial charge < -0.3 is 10.1 Å². The van der Waals surface area contributed by atoms with Gasteiger partial charge in [0.1, 0.15) is 15.9 Å². The molecule has 0 heterocycles. The quantitative estimate of drug-likeness (QED) is 0.235. The molecular weight excluding hydrogens is 424 g/mol. The minimum atomic E-state index is -3.04. The summed E-state index contributed by atoms with van der Waals surface area (Å²) in [6.45, 7) is 0. The summed E-state index contributed by atoms with van der Waals surface area (Å²) in [7, 11) is -1.80. The second-order valence-electron chi connectivity index (χ2n) is 8.25. The summed E-state index contributed by atoms with van der Waals surface area (Å²) in [6.07, 6.45) is 6.25. The fraction of sp³-hybridized carbons (Fsp3) is 0.619. The Labute approximate surface area is 182 Å². The highest BCUT2D eigenvalue weighted by Gasteiger charge is 2.42. The van der Waals surface area contributed by atoms with Crippen molar-refractivity contribution in [1.82, 2.24) is 5.32 Å². The monoisotopic (exact) mass is 454 g/mol. The van der Waals surface area contributed by atoms with Crippen molar-refractivity contribution in [2.45, 2.75) is 57.4 Å². The highest BCUT2D eigenvalue weighted by atomic mass is 32.2. The van der Waals surface area contributed by atoms with Crippen LogP contribution in [0.4, 0.5) is 5.69 Å². The summed E-state index contributed by atoms with van der Waals surface area (Å²) >= 11 is 0. The van der Waals surface area contributed by atoms with Gasteiger partial charge in [-0.05, 0) is 31.2 Å². The van der Waals surface area contributed by atoms with Crippen molar-refractivity contribution in [3.05, 3.63) is 39.9 Å². The van der Waals surface area contributed by atoms with E-state index in [2.05, 4.69) is 5.32 Å². The number of benzene rings is 1. The maximum Gasteiger partial charge on any atom is 0.328 e. The molecule has 1 fully saturated rings. The van der Waals surface area contributed by atoms with E-state index >= 15 is 0 Å². The Hall–Kier alpha value is -2.49. The SMILES string of the molecule is COC(=O)[C@H](Cc1ccc([N+](=O)[O-])cc1)NC(=O)C1(CCCCS(C)(=O)=O)CCCC1. The van der Waals surface area contributed by atoms with Gasteiger partial charge in [-0.15, -0.1) is 0 Å². The molecule has 1 N–H and O–H groups in total. The van der Waals surface area contributed by atoms with E-state index in [1.807, 2.05) is 0 Å². The van der Waals surface area contributed by atoms with Gasteiger partial charge in [-0.2, -0.15) is 0 Å². The first kappa shape index (κ1) is 24.8. The van der Waals surface area contributed by atoms with Crippen LogP contribution in [0.3, 0.4) is 0 Å². The molecular formula is C21H30N2O7S. The molecule has 0 radical (unpaired) electrons. The highest BCUT2D eigenvalue weighted by molar-refractivity contribution is 7.90. The van der Waals surface area contributed by atoms with Crippen LogP contribution in [0.25, 0.3) is 0 Å². The van der Waals surface area contributed by atoms with Crippen LogP contribution in [0.15, 0.2) is 24.3 Å². The molecule has 1 atom stereocenters. The molecule has 0 aromatic heterocycles. The van der Waals surface area contributed by atoms with Crippen LogP contribution in [-0.2, 0) is 30.6 Å². The summed E-state index contributed by atoms with van der Waals surface area (Å²) < 4.78 is 27.6. The van der Waals surface area contributed by atoms with E-state index in [1.54, 1.807) is 12.1 Å². The number of nitro benzene ring substituents is 1. The van der Waals surface area contributed by atoms with Crippen LogP contribution < -0.4 is 5.32 Å². The minimum absolute atomic E-state index is 0.0543. The molecule has 1 aromatic carbocycles. The Balaban J connectivity index is 2.07. The van der Waals surface area contributed by atoms with Gasteiger partial charge in [-0.1, -0.05) is 31.4 Å². The molecule has 0 unspecified atom stereocenters. The first-order valence-corrected chi connectivity index (χ1v) is 12.4. The van der Waals surface area contributed by atoms with Gasteiger partial charge in [0.15, 0.2) is 0 Å². The number of unbranched alkanes of at least 4 members (excludes halogenated alkanes) is 1. The van der Waals surface area contributed by atoms with E-state index in [1.165, 1.54) is 25.5 Å². The molecule has 10 heteroatoms. The van der Waals surface area contributed by atoms with Gasteiger partial charge >= 0.3 is 5.97 Å². The Kier molecular flexibility index (Phi) is 8.55. The summed E-state index contributed by atoms with van der Waals surface area (Å²) in [4.78, 5) is 35.8. The smallest absolute Gasteiger partial charge is 0.328 e. The number of hydrogen-bond acceptors (Lipinski definition) is 7. The van der Waals surface area contributed by atoms with Crippen molar-refractivity contribution in [3.63, 3.8) is 0 Å². The fourth-order valence-corrected chi connectivity index (χ4v) is 4.83. The largest absolute Gasteiger partial charge is 0.467 e. The van der Waals surface area contributed by atoms with E-state index < -0.39 is 32.2 Å². The summed E-state index contributed by atoms with van der Waals surface area (Å²) in [5.74, 6) is -0.714. The van der Waals surface area contributed by atoms with E-state index in [-0.39, 0.29) is 23.8 Å². The molecule has 1 aliphatic rings. The zero-order valence-corrected chi connectivity index (χ0v) is 18.8. The third kappa shape index (κ3) is 7.30. The number of ether oxygens (including phenoxy) is 1. The summed E-state index contributed by atoms with van der Waals surface area (Å²) in [6, 6.07) is 4.90. The molecule has 1 amide bonds. The molecule has 0 spiro atoms. The molecule has 9 nitrogen and oxygen atoms in total. The third-order valence-electron chi connectivity index (χ3n) is 5.84. The maximum absolute atomic E-state index is 13.2. The number of amides is 1. The maximum atomic E-state index is 13.2. The summed E-state index contributed by atoms with van der Waals surface area (Å²) in [5, 5.41) is 13.6. The molecule has 1 aromatic rings. The second-order valence-corrected chi connectivity index (χ2v) is 10.5. The molecule has 0 saturated heterocycles. The fourth-order valence-electron chi connectivity index (χ4n) is 4.11. The van der Waals surface area contributed by atoms with Gasteiger partial charge in [0.2, 0.25) is 5.91 Å². The number of non-ortho nitro benzene ring substituents is 1. The van der Waals surface area contributed by atoms with Crippen molar-refractivity contribution in [1.29, 1.82) is 0 Å². The van der Waals surface area contributed by atoms with Crippen LogP contribution in [0, 0.1) is 15.5 Å². The van der Waals surface area contributed by atoms with Crippen LogP contribution in [0.2, 0.25) is 0 Å². The average molecular weight is 455 g/mol. The predicted molar refractivity (Wildman–Crippen MR) is 115 cm³/mol. The van der Waals surface area contributed by atoms with E-state index in [0.717, 1.165) is 12.8 Å². The Morgan fingerprint density at radius 3 is 2.32 bits per heavy atom. The zero-order valence-electron chi connectivity index (χ0n) is 18.0. The van der Waals surface area contributed by atoms with Crippen molar-refractivity contribution < 1.29 is 27.7 Å². The highest BCUT2D eigenvalue weighted by Crippen LogP contribution is 2.42. The number of sulfone groups is 1. The number of carbonyl (C=O) groups is 2. The van der Waals surface area contributed by atoms with E-state index in [4.69, 9.17) is 4.74 Å². The lowest BCUT2D eigenvalue weighted by atomic mass is 9.80. The van der Waals surface area contributed by atoms with Crippen molar-refractivity contribution in [2.75, 3.05) is 19.1 Å². The summed E-state index contributed by atoms with van der Waals surface area (Å²) in [5.41, 5.74) is -0.00414. The average Bonchev–Trinajstić information content (AvgIpc) is 3.20.